The Hall–Kier alpha value is -2.61. The summed E-state index contributed by atoms with van der Waals surface area (Å²) in [5, 5.41) is 12.2. The third kappa shape index (κ3) is 4.69. The number of nitrogens with one attached hydrogen (secondary N) is 1. The molecule has 8 heteroatoms. The van der Waals surface area contributed by atoms with Gasteiger partial charge in [-0.15, -0.1) is 0 Å². The summed E-state index contributed by atoms with van der Waals surface area (Å²) in [6.07, 6.45) is -4.11. The van der Waals surface area contributed by atoms with Crippen LogP contribution in [0.2, 0.25) is 0 Å². The minimum atomic E-state index is -4.54. The summed E-state index contributed by atoms with van der Waals surface area (Å²) < 4.78 is 39.1. The zero-order valence-electron chi connectivity index (χ0n) is 12.5. The van der Waals surface area contributed by atoms with Crippen LogP contribution in [0, 0.1) is 0 Å². The zero-order chi connectivity index (χ0) is 17.7. The van der Waals surface area contributed by atoms with E-state index >= 15 is 0 Å². The topological polar surface area (TPSA) is 71.3 Å². The van der Waals surface area contributed by atoms with Crippen molar-refractivity contribution in [2.75, 3.05) is 6.54 Å². The van der Waals surface area contributed by atoms with Crippen LogP contribution in [-0.2, 0) is 12.7 Å². The Morgan fingerprint density at radius 1 is 1.21 bits per heavy atom. The number of aliphatic hydroxyl groups is 1. The van der Waals surface area contributed by atoms with Crippen LogP contribution in [-0.4, -0.2) is 28.2 Å². The first-order valence-electron chi connectivity index (χ1n) is 7.06. The molecule has 24 heavy (non-hydrogen) atoms. The second kappa shape index (κ2) is 7.31. The summed E-state index contributed by atoms with van der Waals surface area (Å²) >= 11 is 0. The minimum Gasteiger partial charge on any atom is -0.389 e. The molecule has 0 saturated heterocycles. The van der Waals surface area contributed by atoms with Crippen molar-refractivity contribution in [2.24, 2.45) is 0 Å². The first-order chi connectivity index (χ1) is 11.3. The van der Waals surface area contributed by atoms with E-state index < -0.39 is 23.8 Å². The number of amides is 1. The number of rotatable bonds is 5. The predicted octanol–water partition coefficient (Wildman–Crippen LogP) is 1.66. The maximum atomic E-state index is 12.6. The van der Waals surface area contributed by atoms with E-state index in [1.165, 1.54) is 22.9 Å². The molecular weight excluding hydrogens is 325 g/mol. The number of carbonyl (C=O) groups is 1. The third-order valence-electron chi connectivity index (χ3n) is 3.26. The molecule has 2 rings (SSSR count). The van der Waals surface area contributed by atoms with Gasteiger partial charge in [-0.1, -0.05) is 12.1 Å². The fourth-order valence-corrected chi connectivity index (χ4v) is 2.05. The van der Waals surface area contributed by atoms with Gasteiger partial charge in [0.25, 0.3) is 11.5 Å². The molecule has 0 aliphatic carbocycles. The lowest BCUT2D eigenvalue weighted by molar-refractivity contribution is -0.137. The Balaban J connectivity index is 1.96. The number of aromatic nitrogens is 1. The van der Waals surface area contributed by atoms with Crippen molar-refractivity contribution in [1.82, 2.24) is 9.88 Å². The number of halogens is 3. The van der Waals surface area contributed by atoms with Crippen molar-refractivity contribution in [1.29, 1.82) is 0 Å². The number of nitrogens with zero attached hydrogens (tertiary/aromatic N) is 1. The molecule has 1 heterocycles. The van der Waals surface area contributed by atoms with Gasteiger partial charge in [0.2, 0.25) is 0 Å². The highest BCUT2D eigenvalue weighted by molar-refractivity contribution is 5.94. The van der Waals surface area contributed by atoms with Gasteiger partial charge < -0.3 is 15.0 Å². The van der Waals surface area contributed by atoms with Gasteiger partial charge in [0.05, 0.1) is 18.2 Å². The largest absolute Gasteiger partial charge is 0.416 e. The Kier molecular flexibility index (Phi) is 5.40. The Morgan fingerprint density at radius 2 is 1.96 bits per heavy atom. The summed E-state index contributed by atoms with van der Waals surface area (Å²) in [4.78, 5) is 23.4. The molecule has 0 bridgehead atoms. The lowest BCUT2D eigenvalue weighted by atomic mass is 10.1. The van der Waals surface area contributed by atoms with Crippen LogP contribution < -0.4 is 10.9 Å². The summed E-state index contributed by atoms with van der Waals surface area (Å²) in [5.74, 6) is -0.736. The summed E-state index contributed by atoms with van der Waals surface area (Å²) in [6, 6.07) is 8.50. The fourth-order valence-electron chi connectivity index (χ4n) is 2.05. The van der Waals surface area contributed by atoms with Crippen molar-refractivity contribution in [3.8, 4) is 0 Å². The first kappa shape index (κ1) is 17.7. The van der Waals surface area contributed by atoms with Crippen molar-refractivity contribution in [2.45, 2.75) is 18.8 Å². The molecule has 1 atom stereocenters. The number of aliphatic hydroxyl groups excluding tert-OH is 1. The smallest absolute Gasteiger partial charge is 0.389 e. The average Bonchev–Trinajstić information content (AvgIpc) is 2.54. The van der Waals surface area contributed by atoms with Crippen LogP contribution in [0.1, 0.15) is 15.9 Å². The van der Waals surface area contributed by atoms with Gasteiger partial charge in [0.1, 0.15) is 0 Å². The molecular formula is C16H15F3N2O3. The first-order valence-corrected chi connectivity index (χ1v) is 7.06. The maximum Gasteiger partial charge on any atom is 0.416 e. The molecule has 128 valence electrons. The third-order valence-corrected chi connectivity index (χ3v) is 3.26. The van der Waals surface area contributed by atoms with E-state index in [9.17, 15) is 27.9 Å². The molecule has 2 aromatic rings. The van der Waals surface area contributed by atoms with Crippen molar-refractivity contribution >= 4 is 5.91 Å². The van der Waals surface area contributed by atoms with E-state index in [2.05, 4.69) is 5.32 Å². The number of pyridine rings is 1. The van der Waals surface area contributed by atoms with Crippen LogP contribution in [0.15, 0.2) is 53.5 Å². The molecule has 1 amide bonds. The summed E-state index contributed by atoms with van der Waals surface area (Å²) in [7, 11) is 0. The predicted molar refractivity (Wildman–Crippen MR) is 80.5 cm³/mol. The second-order valence-corrected chi connectivity index (χ2v) is 5.13. The van der Waals surface area contributed by atoms with E-state index in [1.54, 1.807) is 12.1 Å². The highest BCUT2D eigenvalue weighted by Gasteiger charge is 2.30. The average molecular weight is 340 g/mol. The van der Waals surface area contributed by atoms with Crippen LogP contribution in [0.4, 0.5) is 13.2 Å². The molecule has 0 spiro atoms. The summed E-state index contributed by atoms with van der Waals surface area (Å²) in [5.41, 5.74) is -1.39. The molecule has 2 N–H and O–H groups in total. The monoisotopic (exact) mass is 340 g/mol. The molecule has 0 fully saturated rings. The van der Waals surface area contributed by atoms with Crippen LogP contribution >= 0.6 is 0 Å². The fraction of sp³-hybridized carbons (Fsp3) is 0.250. The van der Waals surface area contributed by atoms with Gasteiger partial charge in [-0.05, 0) is 24.3 Å². The Bertz CT molecular complexity index is 771. The van der Waals surface area contributed by atoms with Gasteiger partial charge in [-0.2, -0.15) is 13.2 Å². The van der Waals surface area contributed by atoms with E-state index in [0.717, 1.165) is 18.2 Å². The highest BCUT2D eigenvalue weighted by Crippen LogP contribution is 2.29. The number of hydrogen-bond donors (Lipinski definition) is 2. The Labute approximate surface area is 135 Å². The molecule has 0 unspecified atom stereocenters. The van der Waals surface area contributed by atoms with Crippen LogP contribution in [0.3, 0.4) is 0 Å². The Morgan fingerprint density at radius 3 is 2.62 bits per heavy atom. The molecule has 0 saturated carbocycles. The highest BCUT2D eigenvalue weighted by atomic mass is 19.4. The second-order valence-electron chi connectivity index (χ2n) is 5.13. The van der Waals surface area contributed by atoms with Gasteiger partial charge in [0.15, 0.2) is 0 Å². The van der Waals surface area contributed by atoms with Crippen molar-refractivity contribution in [3.05, 3.63) is 70.1 Å². The van der Waals surface area contributed by atoms with Gasteiger partial charge >= 0.3 is 6.18 Å². The number of alkyl halides is 3. The number of benzene rings is 1. The van der Waals surface area contributed by atoms with Crippen molar-refractivity contribution < 1.29 is 23.1 Å². The lowest BCUT2D eigenvalue weighted by Gasteiger charge is -2.14. The molecule has 1 aromatic heterocycles. The summed E-state index contributed by atoms with van der Waals surface area (Å²) in [6.45, 7) is -0.237. The van der Waals surface area contributed by atoms with Gasteiger partial charge in [0, 0.05) is 24.4 Å². The molecule has 0 radical (unpaired) electrons. The zero-order valence-corrected chi connectivity index (χ0v) is 12.5. The molecule has 1 aromatic carbocycles. The van der Waals surface area contributed by atoms with E-state index in [0.29, 0.717) is 0 Å². The maximum absolute atomic E-state index is 12.6. The number of hydrogen-bond acceptors (Lipinski definition) is 3. The standard InChI is InChI=1S/C16H15F3N2O3/c17-16(18,19)12-5-3-4-11(8-12)15(24)20-9-13(22)10-21-7-2-1-6-14(21)23/h1-8,13,22H,9-10H2,(H,20,24)/t13-/m1/s1. The number of carbonyl (C=O) groups excluding carboxylic acids is 1. The SMILES string of the molecule is O=C(NC[C@@H](O)Cn1ccccc1=O)c1cccc(C(F)(F)F)c1. The quantitative estimate of drug-likeness (QED) is 0.870. The van der Waals surface area contributed by atoms with Crippen LogP contribution in [0.25, 0.3) is 0 Å². The van der Waals surface area contributed by atoms with Crippen molar-refractivity contribution in [3.63, 3.8) is 0 Å². The van der Waals surface area contributed by atoms with E-state index in [1.807, 2.05) is 0 Å². The van der Waals surface area contributed by atoms with Gasteiger partial charge in [-0.3, -0.25) is 9.59 Å². The molecule has 0 aliphatic heterocycles. The van der Waals surface area contributed by atoms with E-state index in [-0.39, 0.29) is 24.2 Å². The molecule has 5 nitrogen and oxygen atoms in total. The van der Waals surface area contributed by atoms with E-state index in [4.69, 9.17) is 0 Å². The van der Waals surface area contributed by atoms with Crippen LogP contribution in [0.5, 0.6) is 0 Å². The minimum absolute atomic E-state index is 0.0391. The molecule has 0 aliphatic rings. The normalized spacial score (nSPS) is 12.7. The van der Waals surface area contributed by atoms with Gasteiger partial charge in [-0.25, -0.2) is 0 Å². The lowest BCUT2D eigenvalue weighted by Crippen LogP contribution is -2.36.